The van der Waals surface area contributed by atoms with E-state index < -0.39 is 15.6 Å². The molecule has 0 unspecified atom stereocenters. The normalized spacial score (nSPS) is 11.5. The number of carbonyl (C=O) groups is 1. The highest BCUT2D eigenvalue weighted by molar-refractivity contribution is 7.92. The zero-order chi connectivity index (χ0) is 17.5. The van der Waals surface area contributed by atoms with Gasteiger partial charge in [0.25, 0.3) is 5.91 Å². The molecule has 1 rings (SSSR count). The Hall–Kier alpha value is -1.31. The van der Waals surface area contributed by atoms with Crippen molar-refractivity contribution in [2.24, 2.45) is 5.73 Å². The van der Waals surface area contributed by atoms with Gasteiger partial charge >= 0.3 is 0 Å². The lowest BCUT2D eigenvalue weighted by atomic mass is 9.92. The number of halogens is 1. The molecule has 4 N–H and O–H groups in total. The zero-order valence-corrected chi connectivity index (χ0v) is 16.1. The lowest BCUT2D eigenvalue weighted by Gasteiger charge is -2.31. The van der Waals surface area contributed by atoms with Gasteiger partial charge in [0.2, 0.25) is 10.0 Å². The van der Waals surface area contributed by atoms with Gasteiger partial charge in [-0.15, -0.1) is 12.4 Å². The summed E-state index contributed by atoms with van der Waals surface area (Å²) in [7, 11) is -3.33. The van der Waals surface area contributed by atoms with E-state index in [0.29, 0.717) is 24.2 Å². The van der Waals surface area contributed by atoms with E-state index in [9.17, 15) is 13.2 Å². The van der Waals surface area contributed by atoms with E-state index in [4.69, 9.17) is 5.73 Å². The maximum atomic E-state index is 12.3. The SMILES string of the molecule is CCCS(=O)(=O)Nc1ccc(C(=O)NC(CC)(CC)CN)cc1.Cl. The number of sulfonamides is 1. The van der Waals surface area contributed by atoms with Crippen molar-refractivity contribution in [2.45, 2.75) is 45.6 Å². The summed E-state index contributed by atoms with van der Waals surface area (Å²) in [5.41, 5.74) is 6.31. The Balaban J connectivity index is 0.00000529. The number of nitrogens with one attached hydrogen (secondary N) is 2. The number of rotatable bonds is 9. The Morgan fingerprint density at radius 1 is 1.12 bits per heavy atom. The van der Waals surface area contributed by atoms with Gasteiger partial charge in [-0.3, -0.25) is 9.52 Å². The van der Waals surface area contributed by atoms with Crippen LogP contribution in [0.3, 0.4) is 0 Å². The zero-order valence-electron chi connectivity index (χ0n) is 14.5. The van der Waals surface area contributed by atoms with Crippen molar-refractivity contribution >= 4 is 34.0 Å². The van der Waals surface area contributed by atoms with Gasteiger partial charge in [0.05, 0.1) is 11.3 Å². The fourth-order valence-corrected chi connectivity index (χ4v) is 3.40. The number of amides is 1. The predicted octanol–water partition coefficient (Wildman–Crippen LogP) is 2.51. The molecule has 0 heterocycles. The van der Waals surface area contributed by atoms with Gasteiger partial charge < -0.3 is 11.1 Å². The molecule has 0 aliphatic rings. The lowest BCUT2D eigenvalue weighted by molar-refractivity contribution is 0.0895. The second-order valence-electron chi connectivity index (χ2n) is 5.64. The first-order chi connectivity index (χ1) is 10.8. The molecular weight excluding hydrogens is 350 g/mol. The minimum atomic E-state index is -3.33. The van der Waals surface area contributed by atoms with E-state index in [2.05, 4.69) is 10.0 Å². The van der Waals surface area contributed by atoms with E-state index in [1.807, 2.05) is 13.8 Å². The molecule has 0 aliphatic carbocycles. The molecule has 8 heteroatoms. The molecule has 0 bridgehead atoms. The summed E-state index contributed by atoms with van der Waals surface area (Å²) < 4.78 is 25.9. The highest BCUT2D eigenvalue weighted by atomic mass is 35.5. The van der Waals surface area contributed by atoms with Gasteiger partial charge in [0, 0.05) is 17.8 Å². The minimum Gasteiger partial charge on any atom is -0.345 e. The first kappa shape index (κ1) is 22.7. The van der Waals surface area contributed by atoms with Gasteiger partial charge in [-0.05, 0) is 43.5 Å². The summed E-state index contributed by atoms with van der Waals surface area (Å²) in [5, 5.41) is 2.98. The molecule has 1 aromatic rings. The van der Waals surface area contributed by atoms with Crippen LogP contribution in [0.1, 0.15) is 50.4 Å². The summed E-state index contributed by atoms with van der Waals surface area (Å²) in [6, 6.07) is 6.38. The molecular formula is C16H28ClN3O3S. The maximum absolute atomic E-state index is 12.3. The van der Waals surface area contributed by atoms with Gasteiger partial charge in [0.15, 0.2) is 0 Å². The maximum Gasteiger partial charge on any atom is 0.251 e. The lowest BCUT2D eigenvalue weighted by Crippen LogP contribution is -2.52. The van der Waals surface area contributed by atoms with Crippen LogP contribution < -0.4 is 15.8 Å². The molecule has 138 valence electrons. The second kappa shape index (κ2) is 9.86. The summed E-state index contributed by atoms with van der Waals surface area (Å²) >= 11 is 0. The molecule has 1 amide bonds. The smallest absolute Gasteiger partial charge is 0.251 e. The van der Waals surface area contributed by atoms with E-state index in [0.717, 1.165) is 12.8 Å². The molecule has 0 aliphatic heterocycles. The second-order valence-corrected chi connectivity index (χ2v) is 7.49. The molecule has 6 nitrogen and oxygen atoms in total. The van der Waals surface area contributed by atoms with Crippen LogP contribution in [0.15, 0.2) is 24.3 Å². The largest absolute Gasteiger partial charge is 0.345 e. The van der Waals surface area contributed by atoms with Crippen molar-refractivity contribution in [3.05, 3.63) is 29.8 Å². The highest BCUT2D eigenvalue weighted by Crippen LogP contribution is 2.16. The van der Waals surface area contributed by atoms with Crippen molar-refractivity contribution in [3.8, 4) is 0 Å². The van der Waals surface area contributed by atoms with Crippen LogP contribution in [0, 0.1) is 0 Å². The molecule has 0 saturated carbocycles. The summed E-state index contributed by atoms with van der Waals surface area (Å²) in [6.07, 6.45) is 2.05. The van der Waals surface area contributed by atoms with Crippen LogP contribution in [0.5, 0.6) is 0 Å². The molecule has 0 radical (unpaired) electrons. The van der Waals surface area contributed by atoms with E-state index in [1.165, 1.54) is 0 Å². The van der Waals surface area contributed by atoms with Gasteiger partial charge in [-0.2, -0.15) is 0 Å². The van der Waals surface area contributed by atoms with Crippen LogP contribution >= 0.6 is 12.4 Å². The fourth-order valence-electron chi connectivity index (χ4n) is 2.27. The first-order valence-corrected chi connectivity index (χ1v) is 9.59. The molecule has 0 fully saturated rings. The molecule has 1 aromatic carbocycles. The van der Waals surface area contributed by atoms with Crippen LogP contribution in [0.4, 0.5) is 5.69 Å². The molecule has 0 atom stereocenters. The number of nitrogens with two attached hydrogens (primary N) is 1. The molecule has 24 heavy (non-hydrogen) atoms. The fraction of sp³-hybridized carbons (Fsp3) is 0.562. The Morgan fingerprint density at radius 3 is 2.08 bits per heavy atom. The molecule has 0 spiro atoms. The molecule has 0 saturated heterocycles. The van der Waals surface area contributed by atoms with E-state index in [-0.39, 0.29) is 24.1 Å². The van der Waals surface area contributed by atoms with Crippen molar-refractivity contribution in [3.63, 3.8) is 0 Å². The van der Waals surface area contributed by atoms with Crippen molar-refractivity contribution in [2.75, 3.05) is 17.0 Å². The van der Waals surface area contributed by atoms with E-state index in [1.54, 1.807) is 31.2 Å². The number of hydrogen-bond acceptors (Lipinski definition) is 4. The van der Waals surface area contributed by atoms with Crippen molar-refractivity contribution < 1.29 is 13.2 Å². The average Bonchev–Trinajstić information content (AvgIpc) is 2.52. The van der Waals surface area contributed by atoms with Crippen molar-refractivity contribution in [1.82, 2.24) is 5.32 Å². The van der Waals surface area contributed by atoms with Gasteiger partial charge in [-0.1, -0.05) is 20.8 Å². The highest BCUT2D eigenvalue weighted by Gasteiger charge is 2.26. The van der Waals surface area contributed by atoms with Gasteiger partial charge in [0.1, 0.15) is 0 Å². The summed E-state index contributed by atoms with van der Waals surface area (Å²) in [5.74, 6) is -0.136. The Labute approximate surface area is 151 Å². The quantitative estimate of drug-likeness (QED) is 0.615. The minimum absolute atomic E-state index is 0. The third kappa shape index (κ3) is 6.30. The summed E-state index contributed by atoms with van der Waals surface area (Å²) in [6.45, 7) is 6.16. The van der Waals surface area contributed by atoms with Gasteiger partial charge in [-0.25, -0.2) is 8.42 Å². The number of carbonyl (C=O) groups excluding carboxylic acids is 1. The first-order valence-electron chi connectivity index (χ1n) is 7.94. The predicted molar refractivity (Wildman–Crippen MR) is 101 cm³/mol. The standard InChI is InChI=1S/C16H27N3O3S.ClH/c1-4-11-23(21,22)19-14-9-7-13(8-10-14)15(20)18-16(5-2,6-3)12-17;/h7-10,19H,4-6,11-12,17H2,1-3H3,(H,18,20);1H. The topological polar surface area (TPSA) is 101 Å². The number of benzene rings is 1. The Kier molecular flexibility index (Phi) is 9.32. The van der Waals surface area contributed by atoms with E-state index >= 15 is 0 Å². The Bertz CT molecular complexity index is 606. The summed E-state index contributed by atoms with van der Waals surface area (Å²) in [4.78, 5) is 12.3. The van der Waals surface area contributed by atoms with Crippen LogP contribution in [-0.2, 0) is 10.0 Å². The Morgan fingerprint density at radius 2 is 1.67 bits per heavy atom. The molecule has 0 aromatic heterocycles. The third-order valence-corrected chi connectivity index (χ3v) is 5.51. The monoisotopic (exact) mass is 377 g/mol. The third-order valence-electron chi connectivity index (χ3n) is 4.02. The van der Waals surface area contributed by atoms with Crippen LogP contribution in [0.2, 0.25) is 0 Å². The van der Waals surface area contributed by atoms with Crippen LogP contribution in [0.25, 0.3) is 0 Å². The van der Waals surface area contributed by atoms with Crippen LogP contribution in [-0.4, -0.2) is 32.2 Å². The number of hydrogen-bond donors (Lipinski definition) is 3. The average molecular weight is 378 g/mol. The van der Waals surface area contributed by atoms with Crippen molar-refractivity contribution in [1.29, 1.82) is 0 Å². The number of anilines is 1.